The van der Waals surface area contributed by atoms with Gasteiger partial charge in [-0.3, -0.25) is 10.1 Å². The predicted octanol–water partition coefficient (Wildman–Crippen LogP) is 2.20. The molecule has 5 nitrogen and oxygen atoms in total. The molecule has 0 radical (unpaired) electrons. The highest BCUT2D eigenvalue weighted by molar-refractivity contribution is 7.98. The lowest BCUT2D eigenvalue weighted by atomic mass is 10.2. The third-order valence-corrected chi connectivity index (χ3v) is 2.58. The van der Waals surface area contributed by atoms with Crippen molar-refractivity contribution in [2.75, 3.05) is 13.4 Å². The maximum atomic E-state index is 10.6. The van der Waals surface area contributed by atoms with Gasteiger partial charge in [-0.25, -0.2) is 0 Å². The minimum atomic E-state index is -0.592. The van der Waals surface area contributed by atoms with Gasteiger partial charge in [-0.15, -0.1) is 11.8 Å². The van der Waals surface area contributed by atoms with Crippen LogP contribution in [-0.4, -0.2) is 18.3 Å². The standard InChI is InChI=1S/C9H8N2O3S/c1-14-8-4-7(11(12)13)6(5-10)3-9(8)15-2/h3-4H,1-2H3. The quantitative estimate of drug-likeness (QED) is 0.447. The molecule has 0 N–H and O–H groups in total. The number of nitro benzene ring substituents is 1. The Labute approximate surface area is 90.8 Å². The van der Waals surface area contributed by atoms with E-state index in [9.17, 15) is 10.1 Å². The van der Waals surface area contributed by atoms with E-state index in [4.69, 9.17) is 10.00 Å². The van der Waals surface area contributed by atoms with Crippen molar-refractivity contribution in [1.82, 2.24) is 0 Å². The van der Waals surface area contributed by atoms with Gasteiger partial charge in [0.05, 0.1) is 23.0 Å². The average Bonchev–Trinajstić information content (AvgIpc) is 2.26. The number of hydrogen-bond acceptors (Lipinski definition) is 5. The Bertz CT molecular complexity index is 440. The molecule has 0 saturated heterocycles. The van der Waals surface area contributed by atoms with Crippen molar-refractivity contribution < 1.29 is 9.66 Å². The topological polar surface area (TPSA) is 76.2 Å². The number of ether oxygens (including phenoxy) is 1. The van der Waals surface area contributed by atoms with Gasteiger partial charge in [0.2, 0.25) is 0 Å². The lowest BCUT2D eigenvalue weighted by molar-refractivity contribution is -0.385. The summed E-state index contributed by atoms with van der Waals surface area (Å²) in [5.74, 6) is 0.410. The van der Waals surface area contributed by atoms with Crippen molar-refractivity contribution in [3.63, 3.8) is 0 Å². The highest BCUT2D eigenvalue weighted by atomic mass is 32.2. The zero-order chi connectivity index (χ0) is 11.4. The molecule has 0 bridgehead atoms. The minimum Gasteiger partial charge on any atom is -0.495 e. The number of benzene rings is 1. The fourth-order valence-electron chi connectivity index (χ4n) is 1.11. The van der Waals surface area contributed by atoms with Crippen LogP contribution in [0.1, 0.15) is 5.56 Å². The predicted molar refractivity (Wildman–Crippen MR) is 56.1 cm³/mol. The van der Waals surface area contributed by atoms with Crippen LogP contribution in [0, 0.1) is 21.4 Å². The monoisotopic (exact) mass is 224 g/mol. The lowest BCUT2D eigenvalue weighted by Gasteiger charge is -2.06. The molecule has 0 unspecified atom stereocenters. The number of methoxy groups -OCH3 is 1. The lowest BCUT2D eigenvalue weighted by Crippen LogP contribution is -1.95. The Balaban J connectivity index is 3.42. The molecule has 0 atom stereocenters. The molecule has 0 saturated carbocycles. The van der Waals surface area contributed by atoms with Gasteiger partial charge < -0.3 is 4.74 Å². The van der Waals surface area contributed by atoms with Crippen LogP contribution in [0.15, 0.2) is 17.0 Å². The van der Waals surface area contributed by atoms with Crippen molar-refractivity contribution in [2.24, 2.45) is 0 Å². The fourth-order valence-corrected chi connectivity index (χ4v) is 1.69. The highest BCUT2D eigenvalue weighted by Gasteiger charge is 2.18. The minimum absolute atomic E-state index is 0.0464. The van der Waals surface area contributed by atoms with Gasteiger partial charge in [0.1, 0.15) is 17.4 Å². The fraction of sp³-hybridized carbons (Fsp3) is 0.222. The van der Waals surface area contributed by atoms with Gasteiger partial charge in [0, 0.05) is 0 Å². The van der Waals surface area contributed by atoms with Crippen LogP contribution in [0.25, 0.3) is 0 Å². The molecule has 0 aliphatic heterocycles. The zero-order valence-electron chi connectivity index (χ0n) is 8.18. The summed E-state index contributed by atoms with van der Waals surface area (Å²) in [6.07, 6.45) is 1.81. The van der Waals surface area contributed by atoms with Gasteiger partial charge in [0.25, 0.3) is 5.69 Å². The second-order valence-corrected chi connectivity index (χ2v) is 3.44. The molecule has 1 rings (SSSR count). The molecule has 1 aromatic rings. The number of rotatable bonds is 3. The van der Waals surface area contributed by atoms with Gasteiger partial charge in [0.15, 0.2) is 0 Å². The summed E-state index contributed by atoms with van der Waals surface area (Å²) in [5, 5.41) is 19.4. The summed E-state index contributed by atoms with van der Waals surface area (Å²) in [7, 11) is 1.44. The Morgan fingerprint density at radius 3 is 2.67 bits per heavy atom. The van der Waals surface area contributed by atoms with E-state index < -0.39 is 4.92 Å². The first-order valence-electron chi connectivity index (χ1n) is 3.94. The van der Waals surface area contributed by atoms with Gasteiger partial charge in [-0.05, 0) is 12.3 Å². The van der Waals surface area contributed by atoms with E-state index in [0.29, 0.717) is 10.6 Å². The van der Waals surface area contributed by atoms with E-state index in [0.717, 1.165) is 0 Å². The number of nitro groups is 1. The summed E-state index contributed by atoms with van der Waals surface area (Å²) >= 11 is 1.37. The van der Waals surface area contributed by atoms with Crippen LogP contribution in [0.5, 0.6) is 5.75 Å². The molecule has 0 aliphatic rings. The first kappa shape index (κ1) is 11.3. The van der Waals surface area contributed by atoms with E-state index >= 15 is 0 Å². The number of nitrogens with zero attached hydrogens (tertiary/aromatic N) is 2. The van der Waals surface area contributed by atoms with Gasteiger partial charge >= 0.3 is 0 Å². The number of thioether (sulfide) groups is 1. The van der Waals surface area contributed by atoms with E-state index in [1.54, 1.807) is 6.07 Å². The Kier molecular flexibility index (Phi) is 3.52. The molecular formula is C9H8N2O3S. The molecule has 0 heterocycles. The summed E-state index contributed by atoms with van der Waals surface area (Å²) in [6, 6.07) is 4.52. The van der Waals surface area contributed by atoms with Crippen LogP contribution in [0.3, 0.4) is 0 Å². The maximum absolute atomic E-state index is 10.6. The molecule has 0 aromatic heterocycles. The molecule has 0 spiro atoms. The van der Waals surface area contributed by atoms with E-state index in [1.807, 2.05) is 6.26 Å². The average molecular weight is 224 g/mol. The van der Waals surface area contributed by atoms with Crippen molar-refractivity contribution in [3.05, 3.63) is 27.8 Å². The SMILES string of the molecule is COc1cc([N+](=O)[O-])c(C#N)cc1SC. The largest absolute Gasteiger partial charge is 0.495 e. The third kappa shape index (κ3) is 2.19. The molecule has 6 heteroatoms. The van der Waals surface area contributed by atoms with E-state index in [2.05, 4.69) is 0 Å². The second-order valence-electron chi connectivity index (χ2n) is 2.59. The maximum Gasteiger partial charge on any atom is 0.290 e. The van der Waals surface area contributed by atoms with Crippen LogP contribution in [-0.2, 0) is 0 Å². The van der Waals surface area contributed by atoms with Crippen LogP contribution in [0.2, 0.25) is 0 Å². The first-order valence-corrected chi connectivity index (χ1v) is 5.17. The Hall–Kier alpha value is -1.74. The third-order valence-electron chi connectivity index (χ3n) is 1.82. The zero-order valence-corrected chi connectivity index (χ0v) is 9.00. The normalized spacial score (nSPS) is 9.40. The number of nitriles is 1. The number of hydrogen-bond donors (Lipinski definition) is 0. The van der Waals surface area contributed by atoms with Crippen molar-refractivity contribution >= 4 is 17.4 Å². The molecule has 0 amide bonds. The highest BCUT2D eigenvalue weighted by Crippen LogP contribution is 2.33. The summed E-state index contributed by atoms with van der Waals surface area (Å²) in [6.45, 7) is 0. The Morgan fingerprint density at radius 1 is 1.60 bits per heavy atom. The second kappa shape index (κ2) is 4.66. The van der Waals surface area contributed by atoms with E-state index in [-0.39, 0.29) is 11.3 Å². The summed E-state index contributed by atoms with van der Waals surface area (Å²) in [5.41, 5.74) is -0.183. The molecule has 0 fully saturated rings. The molecular weight excluding hydrogens is 216 g/mol. The van der Waals surface area contributed by atoms with Crippen LogP contribution in [0.4, 0.5) is 5.69 Å². The Morgan fingerprint density at radius 2 is 2.27 bits per heavy atom. The van der Waals surface area contributed by atoms with Gasteiger partial charge in [-0.1, -0.05) is 0 Å². The summed E-state index contributed by atoms with van der Waals surface area (Å²) in [4.78, 5) is 10.8. The molecule has 0 aliphatic carbocycles. The molecule has 1 aromatic carbocycles. The first-order chi connectivity index (χ1) is 7.13. The molecule has 78 valence electrons. The van der Waals surface area contributed by atoms with Crippen LogP contribution >= 0.6 is 11.8 Å². The van der Waals surface area contributed by atoms with Crippen molar-refractivity contribution in [2.45, 2.75) is 4.90 Å². The van der Waals surface area contributed by atoms with Crippen molar-refractivity contribution in [3.8, 4) is 11.8 Å². The van der Waals surface area contributed by atoms with Crippen molar-refractivity contribution in [1.29, 1.82) is 5.26 Å². The molecule has 15 heavy (non-hydrogen) atoms. The summed E-state index contributed by atoms with van der Waals surface area (Å²) < 4.78 is 4.99. The smallest absolute Gasteiger partial charge is 0.290 e. The van der Waals surface area contributed by atoms with E-state index in [1.165, 1.54) is 31.0 Å². The van der Waals surface area contributed by atoms with Crippen LogP contribution < -0.4 is 4.74 Å². The van der Waals surface area contributed by atoms with Gasteiger partial charge in [-0.2, -0.15) is 5.26 Å².